The van der Waals surface area contributed by atoms with Gasteiger partial charge in [0, 0.05) is 39.2 Å². The van der Waals surface area contributed by atoms with Crippen LogP contribution in [-0.2, 0) is 4.74 Å². The molecule has 5 nitrogen and oxygen atoms in total. The molecule has 2 aliphatic heterocycles. The Morgan fingerprint density at radius 2 is 1.82 bits per heavy atom. The van der Waals surface area contributed by atoms with Crippen molar-refractivity contribution >= 4 is 29.9 Å². The average molecular weight is 520 g/mol. The minimum absolute atomic E-state index is 0. The van der Waals surface area contributed by atoms with Gasteiger partial charge in [-0.25, -0.2) is 0 Å². The van der Waals surface area contributed by atoms with Gasteiger partial charge in [0.15, 0.2) is 5.96 Å². The number of likely N-dealkylation sites (tertiary alicyclic amines) is 1. The van der Waals surface area contributed by atoms with Crippen LogP contribution < -0.4 is 10.6 Å². The number of nitrogens with one attached hydrogen (secondary N) is 2. The summed E-state index contributed by atoms with van der Waals surface area (Å²) in [4.78, 5) is 5.74. The molecule has 2 N–H and O–H groups in total. The van der Waals surface area contributed by atoms with E-state index in [1.165, 1.54) is 4.90 Å². The van der Waals surface area contributed by atoms with Crippen LogP contribution in [0.2, 0.25) is 0 Å². The summed E-state index contributed by atoms with van der Waals surface area (Å²) in [5.41, 5.74) is 0.0928. The van der Waals surface area contributed by atoms with Crippen LogP contribution in [0.25, 0.3) is 0 Å². The van der Waals surface area contributed by atoms with E-state index in [0.29, 0.717) is 31.5 Å². The highest BCUT2D eigenvalue weighted by atomic mass is 127. The number of halogens is 4. The number of aliphatic imine (C=N–C) groups is 1. The molecule has 2 heterocycles. The van der Waals surface area contributed by atoms with Crippen molar-refractivity contribution in [2.24, 2.45) is 22.2 Å². The minimum atomic E-state index is -4.12. The van der Waals surface area contributed by atoms with E-state index in [9.17, 15) is 13.2 Å². The smallest absolute Gasteiger partial charge is 0.377 e. The van der Waals surface area contributed by atoms with Crippen LogP contribution in [0.1, 0.15) is 40.0 Å². The Morgan fingerprint density at radius 1 is 1.14 bits per heavy atom. The lowest BCUT2D eigenvalue weighted by atomic mass is 9.78. The monoisotopic (exact) mass is 520 g/mol. The van der Waals surface area contributed by atoms with Crippen LogP contribution in [0, 0.1) is 17.3 Å². The molecule has 28 heavy (non-hydrogen) atoms. The molecule has 2 aliphatic rings. The summed E-state index contributed by atoms with van der Waals surface area (Å²) in [6, 6.07) is 0. The van der Waals surface area contributed by atoms with Gasteiger partial charge in [0.25, 0.3) is 0 Å². The highest BCUT2D eigenvalue weighted by molar-refractivity contribution is 14.0. The second-order valence-corrected chi connectivity index (χ2v) is 8.90. The maximum absolute atomic E-state index is 12.5. The van der Waals surface area contributed by atoms with Crippen molar-refractivity contribution in [2.75, 3.05) is 46.4 Å². The minimum Gasteiger partial charge on any atom is -0.377 e. The lowest BCUT2D eigenvalue weighted by molar-refractivity contribution is -0.143. The summed E-state index contributed by atoms with van der Waals surface area (Å²) in [5, 5.41) is 6.66. The van der Waals surface area contributed by atoms with Gasteiger partial charge in [0.2, 0.25) is 0 Å². The lowest BCUT2D eigenvalue weighted by Gasteiger charge is -2.40. The largest absolute Gasteiger partial charge is 0.401 e. The number of hydrogen-bond donors (Lipinski definition) is 2. The van der Waals surface area contributed by atoms with Crippen molar-refractivity contribution in [1.29, 1.82) is 0 Å². The predicted molar refractivity (Wildman–Crippen MR) is 117 cm³/mol. The van der Waals surface area contributed by atoms with E-state index >= 15 is 0 Å². The first-order valence-electron chi connectivity index (χ1n) is 9.93. The number of nitrogens with zero attached hydrogens (tertiary/aromatic N) is 2. The molecule has 2 fully saturated rings. The van der Waals surface area contributed by atoms with Crippen molar-refractivity contribution in [1.82, 2.24) is 15.5 Å². The van der Waals surface area contributed by atoms with Crippen LogP contribution in [0.5, 0.6) is 0 Å². The highest BCUT2D eigenvalue weighted by Gasteiger charge is 2.36. The first-order valence-corrected chi connectivity index (χ1v) is 9.93. The highest BCUT2D eigenvalue weighted by Crippen LogP contribution is 2.33. The molecule has 0 spiro atoms. The van der Waals surface area contributed by atoms with E-state index in [-0.39, 0.29) is 41.4 Å². The Balaban J connectivity index is 0.00000392. The molecule has 0 aromatic heterocycles. The second kappa shape index (κ2) is 11.2. The van der Waals surface area contributed by atoms with Crippen molar-refractivity contribution in [2.45, 2.75) is 52.3 Å². The van der Waals surface area contributed by atoms with E-state index < -0.39 is 12.7 Å². The molecule has 0 saturated carbocycles. The van der Waals surface area contributed by atoms with E-state index in [1.807, 2.05) is 0 Å². The molecule has 0 aromatic carbocycles. The standard InChI is InChI=1S/C19H35F3N4O.HI/c1-18(2,3)16-15(6-5-9-27-16)11-25-17(23-4)24-10-14-7-8-26(12-14)13-19(20,21)22;/h14-16H,5-13H2,1-4H3,(H2,23,24,25);1H. The van der Waals surface area contributed by atoms with Gasteiger partial charge in [-0.15, -0.1) is 24.0 Å². The van der Waals surface area contributed by atoms with Crippen molar-refractivity contribution < 1.29 is 17.9 Å². The van der Waals surface area contributed by atoms with Crippen molar-refractivity contribution in [3.8, 4) is 0 Å². The van der Waals surface area contributed by atoms with Gasteiger partial charge in [-0.3, -0.25) is 9.89 Å². The summed E-state index contributed by atoms with van der Waals surface area (Å²) < 4.78 is 43.5. The molecule has 0 aliphatic carbocycles. The SMILES string of the molecule is CN=C(NCC1CCN(CC(F)(F)F)C1)NCC1CCCOC1C(C)(C)C.I. The molecule has 0 bridgehead atoms. The number of alkyl halides is 3. The first-order chi connectivity index (χ1) is 12.6. The van der Waals surface area contributed by atoms with Crippen LogP contribution in [0.3, 0.4) is 0 Å². The normalized spacial score (nSPS) is 27.4. The van der Waals surface area contributed by atoms with Gasteiger partial charge >= 0.3 is 6.18 Å². The average Bonchev–Trinajstić information content (AvgIpc) is 3.00. The summed E-state index contributed by atoms with van der Waals surface area (Å²) in [6.45, 7) is 9.02. The topological polar surface area (TPSA) is 48.9 Å². The van der Waals surface area contributed by atoms with E-state index in [0.717, 1.165) is 32.4 Å². The third kappa shape index (κ3) is 8.61. The summed E-state index contributed by atoms with van der Waals surface area (Å²) in [6.07, 6.45) is -0.931. The number of guanidine groups is 1. The molecule has 2 saturated heterocycles. The van der Waals surface area contributed by atoms with E-state index in [4.69, 9.17) is 4.74 Å². The van der Waals surface area contributed by atoms with E-state index in [1.54, 1.807) is 7.05 Å². The van der Waals surface area contributed by atoms with Crippen molar-refractivity contribution in [3.63, 3.8) is 0 Å². The van der Waals surface area contributed by atoms with Crippen LogP contribution in [0.4, 0.5) is 13.2 Å². The summed E-state index contributed by atoms with van der Waals surface area (Å²) >= 11 is 0. The van der Waals surface area contributed by atoms with Gasteiger partial charge in [-0.2, -0.15) is 13.2 Å². The molecule has 3 atom stereocenters. The fourth-order valence-electron chi connectivity index (χ4n) is 4.18. The van der Waals surface area contributed by atoms with Gasteiger partial charge in [0.1, 0.15) is 0 Å². The van der Waals surface area contributed by atoms with Crippen molar-refractivity contribution in [3.05, 3.63) is 0 Å². The maximum atomic E-state index is 12.5. The Bertz CT molecular complexity index is 497. The lowest BCUT2D eigenvalue weighted by Crippen LogP contribution is -2.48. The Labute approximate surface area is 184 Å². The third-order valence-electron chi connectivity index (χ3n) is 5.38. The van der Waals surface area contributed by atoms with Crippen LogP contribution >= 0.6 is 24.0 Å². The number of ether oxygens (including phenoxy) is 1. The van der Waals surface area contributed by atoms with Gasteiger partial charge in [-0.1, -0.05) is 20.8 Å². The molecule has 2 rings (SSSR count). The Hall–Kier alpha value is -0.290. The van der Waals surface area contributed by atoms with Gasteiger partial charge in [-0.05, 0) is 37.1 Å². The molecule has 0 radical (unpaired) electrons. The molecule has 0 amide bonds. The summed E-state index contributed by atoms with van der Waals surface area (Å²) in [5.74, 6) is 1.35. The number of hydrogen-bond acceptors (Lipinski definition) is 3. The second-order valence-electron chi connectivity index (χ2n) is 8.90. The molecule has 0 aromatic rings. The molecular weight excluding hydrogens is 484 g/mol. The molecule has 3 unspecified atom stereocenters. The first kappa shape index (κ1) is 25.7. The van der Waals surface area contributed by atoms with Gasteiger partial charge < -0.3 is 15.4 Å². The van der Waals surface area contributed by atoms with Gasteiger partial charge in [0.05, 0.1) is 12.6 Å². The Morgan fingerprint density at radius 3 is 2.43 bits per heavy atom. The third-order valence-corrected chi connectivity index (χ3v) is 5.38. The predicted octanol–water partition coefficient (Wildman–Crippen LogP) is 3.49. The fraction of sp³-hybridized carbons (Fsp3) is 0.947. The summed E-state index contributed by atoms with van der Waals surface area (Å²) in [7, 11) is 1.72. The quantitative estimate of drug-likeness (QED) is 0.331. The Kier molecular flexibility index (Phi) is 10.3. The number of rotatable bonds is 5. The molecule has 166 valence electrons. The van der Waals surface area contributed by atoms with Crippen LogP contribution in [-0.4, -0.2) is 69.5 Å². The zero-order chi connectivity index (χ0) is 20.1. The van der Waals surface area contributed by atoms with E-state index in [2.05, 4.69) is 36.4 Å². The molecular formula is C19H36F3IN4O. The maximum Gasteiger partial charge on any atom is 0.401 e. The van der Waals surface area contributed by atoms with Crippen LogP contribution in [0.15, 0.2) is 4.99 Å². The zero-order valence-electron chi connectivity index (χ0n) is 17.4. The fourth-order valence-corrected chi connectivity index (χ4v) is 4.18. The zero-order valence-corrected chi connectivity index (χ0v) is 19.8. The molecule has 9 heteroatoms.